The molecule has 170 valence electrons. The molecule has 2 amide bonds. The third-order valence-electron chi connectivity index (χ3n) is 5.76. The second kappa shape index (κ2) is 10.4. The van der Waals surface area contributed by atoms with Gasteiger partial charge in [0.1, 0.15) is 5.54 Å². The van der Waals surface area contributed by atoms with Crippen molar-refractivity contribution in [3.8, 4) is 0 Å². The van der Waals surface area contributed by atoms with E-state index in [4.69, 9.17) is 5.41 Å². The third kappa shape index (κ3) is 6.19. The number of nitrogens with one attached hydrogen (secondary N) is 3. The van der Waals surface area contributed by atoms with E-state index in [0.717, 1.165) is 24.0 Å². The SMILES string of the molecule is CC(C)CC1(C)NC(=N)N(Cc2ccc(CNC(=O)CCCc3ccccc3)cc2)C1=O. The highest BCUT2D eigenvalue weighted by Crippen LogP contribution is 2.26. The van der Waals surface area contributed by atoms with Crippen LogP contribution in [0, 0.1) is 11.3 Å². The predicted molar refractivity (Wildman–Crippen MR) is 127 cm³/mol. The molecule has 3 N–H and O–H groups in total. The molecule has 1 saturated heterocycles. The van der Waals surface area contributed by atoms with E-state index >= 15 is 0 Å². The zero-order chi connectivity index (χ0) is 23.1. The van der Waals surface area contributed by atoms with E-state index in [0.29, 0.717) is 31.8 Å². The smallest absolute Gasteiger partial charge is 0.255 e. The van der Waals surface area contributed by atoms with Crippen LogP contribution in [0.4, 0.5) is 0 Å². The number of hydrogen-bond acceptors (Lipinski definition) is 3. The number of carbonyl (C=O) groups is 2. The summed E-state index contributed by atoms with van der Waals surface area (Å²) in [6.07, 6.45) is 2.93. The van der Waals surface area contributed by atoms with Gasteiger partial charge >= 0.3 is 0 Å². The molecule has 32 heavy (non-hydrogen) atoms. The lowest BCUT2D eigenvalue weighted by atomic mass is 9.91. The first-order valence-corrected chi connectivity index (χ1v) is 11.3. The van der Waals surface area contributed by atoms with E-state index in [1.165, 1.54) is 10.5 Å². The second-order valence-corrected chi connectivity index (χ2v) is 9.23. The van der Waals surface area contributed by atoms with Gasteiger partial charge in [-0.25, -0.2) is 0 Å². The number of amides is 2. The molecule has 3 rings (SSSR count). The summed E-state index contributed by atoms with van der Waals surface area (Å²) in [4.78, 5) is 26.5. The van der Waals surface area contributed by atoms with Crippen LogP contribution < -0.4 is 10.6 Å². The van der Waals surface area contributed by atoms with Crippen LogP contribution in [0.5, 0.6) is 0 Å². The molecule has 2 aromatic carbocycles. The molecule has 1 aliphatic rings. The molecule has 0 aliphatic carbocycles. The average molecular weight is 435 g/mol. The van der Waals surface area contributed by atoms with E-state index in [-0.39, 0.29) is 17.8 Å². The first-order chi connectivity index (χ1) is 15.3. The summed E-state index contributed by atoms with van der Waals surface area (Å²) >= 11 is 0. The summed E-state index contributed by atoms with van der Waals surface area (Å²) in [5, 5.41) is 14.2. The summed E-state index contributed by atoms with van der Waals surface area (Å²) in [6.45, 7) is 6.87. The van der Waals surface area contributed by atoms with Crippen molar-refractivity contribution in [2.75, 3.05) is 0 Å². The van der Waals surface area contributed by atoms with Crippen LogP contribution in [0.3, 0.4) is 0 Å². The molecule has 6 heteroatoms. The zero-order valence-electron chi connectivity index (χ0n) is 19.3. The predicted octanol–water partition coefficient (Wildman–Crippen LogP) is 4.00. The highest BCUT2D eigenvalue weighted by atomic mass is 16.2. The van der Waals surface area contributed by atoms with Gasteiger partial charge in [-0.1, -0.05) is 68.4 Å². The number of carbonyl (C=O) groups excluding carboxylic acids is 2. The van der Waals surface area contributed by atoms with Gasteiger partial charge < -0.3 is 10.6 Å². The van der Waals surface area contributed by atoms with Crippen LogP contribution in [0.1, 0.15) is 56.7 Å². The Kier molecular flexibility index (Phi) is 7.67. The van der Waals surface area contributed by atoms with Crippen molar-refractivity contribution in [1.82, 2.24) is 15.5 Å². The fourth-order valence-electron chi connectivity index (χ4n) is 4.22. The van der Waals surface area contributed by atoms with Gasteiger partial charge in [0, 0.05) is 13.0 Å². The van der Waals surface area contributed by atoms with Gasteiger partial charge in [-0.3, -0.25) is 19.9 Å². The second-order valence-electron chi connectivity index (χ2n) is 9.23. The molecule has 1 fully saturated rings. The normalized spacial score (nSPS) is 18.2. The van der Waals surface area contributed by atoms with Crippen molar-refractivity contribution in [2.45, 2.75) is 65.1 Å². The molecule has 1 atom stereocenters. The lowest BCUT2D eigenvalue weighted by Crippen LogP contribution is -2.44. The van der Waals surface area contributed by atoms with Gasteiger partial charge in [0.15, 0.2) is 5.96 Å². The quantitative estimate of drug-likeness (QED) is 0.528. The van der Waals surface area contributed by atoms with Crippen LogP contribution in [-0.2, 0) is 29.1 Å². The number of hydrogen-bond donors (Lipinski definition) is 3. The highest BCUT2D eigenvalue weighted by Gasteiger charge is 2.45. The average Bonchev–Trinajstić information content (AvgIpc) is 2.96. The standard InChI is InChI=1S/C26H34N4O2/c1-19(2)16-26(3)24(32)30(25(27)29-26)18-22-14-12-21(13-15-22)17-28-23(31)11-7-10-20-8-5-4-6-9-20/h4-6,8-9,12-15,19H,7,10-11,16-18H2,1-3H3,(H2,27,29)(H,28,31). The Morgan fingerprint density at radius 3 is 2.38 bits per heavy atom. The molecule has 1 unspecified atom stereocenters. The van der Waals surface area contributed by atoms with Gasteiger partial charge in [0.2, 0.25) is 5.91 Å². The van der Waals surface area contributed by atoms with Crippen molar-refractivity contribution >= 4 is 17.8 Å². The molecule has 0 radical (unpaired) electrons. The maximum Gasteiger partial charge on any atom is 0.255 e. The largest absolute Gasteiger partial charge is 0.352 e. The van der Waals surface area contributed by atoms with E-state index in [1.54, 1.807) is 0 Å². The minimum atomic E-state index is -0.712. The maximum atomic E-state index is 12.9. The van der Waals surface area contributed by atoms with E-state index in [9.17, 15) is 9.59 Å². The lowest BCUT2D eigenvalue weighted by molar-refractivity contribution is -0.131. The first-order valence-electron chi connectivity index (χ1n) is 11.3. The van der Waals surface area contributed by atoms with E-state index < -0.39 is 5.54 Å². The molecule has 1 heterocycles. The minimum Gasteiger partial charge on any atom is -0.352 e. The molecule has 0 saturated carbocycles. The van der Waals surface area contributed by atoms with Crippen molar-refractivity contribution in [3.05, 3.63) is 71.3 Å². The Labute approximate surface area is 190 Å². The Bertz CT molecular complexity index is 940. The van der Waals surface area contributed by atoms with Crippen LogP contribution in [-0.4, -0.2) is 28.2 Å². The van der Waals surface area contributed by atoms with Gasteiger partial charge in [0.05, 0.1) is 6.54 Å². The minimum absolute atomic E-state index is 0.0524. The number of rotatable bonds is 10. The van der Waals surface area contributed by atoms with Crippen molar-refractivity contribution in [1.29, 1.82) is 5.41 Å². The van der Waals surface area contributed by atoms with Gasteiger partial charge in [-0.15, -0.1) is 0 Å². The summed E-state index contributed by atoms with van der Waals surface area (Å²) in [7, 11) is 0. The Balaban J connectivity index is 1.45. The topological polar surface area (TPSA) is 85.3 Å². The van der Waals surface area contributed by atoms with Crippen molar-refractivity contribution in [2.24, 2.45) is 5.92 Å². The van der Waals surface area contributed by atoms with E-state index in [1.807, 2.05) is 49.4 Å². The number of aryl methyl sites for hydroxylation is 1. The Morgan fingerprint density at radius 2 is 1.72 bits per heavy atom. The molecule has 1 aliphatic heterocycles. The molecule has 0 aromatic heterocycles. The van der Waals surface area contributed by atoms with Crippen molar-refractivity contribution < 1.29 is 9.59 Å². The van der Waals surface area contributed by atoms with E-state index in [2.05, 4.69) is 36.6 Å². The van der Waals surface area contributed by atoms with Crippen molar-refractivity contribution in [3.63, 3.8) is 0 Å². The van der Waals surface area contributed by atoms with Gasteiger partial charge in [0.25, 0.3) is 5.91 Å². The molecule has 2 aromatic rings. The monoisotopic (exact) mass is 434 g/mol. The molecule has 6 nitrogen and oxygen atoms in total. The lowest BCUT2D eigenvalue weighted by Gasteiger charge is -2.24. The summed E-state index contributed by atoms with van der Waals surface area (Å²) < 4.78 is 0. The summed E-state index contributed by atoms with van der Waals surface area (Å²) in [5.41, 5.74) is 2.50. The van der Waals surface area contributed by atoms with Gasteiger partial charge in [-0.05, 0) is 48.8 Å². The first kappa shape index (κ1) is 23.5. The number of nitrogens with zero attached hydrogens (tertiary/aromatic N) is 1. The van der Waals surface area contributed by atoms with Gasteiger partial charge in [-0.2, -0.15) is 0 Å². The number of benzene rings is 2. The molecular weight excluding hydrogens is 400 g/mol. The van der Waals surface area contributed by atoms with Crippen LogP contribution in [0.15, 0.2) is 54.6 Å². The molecule has 0 spiro atoms. The van der Waals surface area contributed by atoms with Crippen LogP contribution >= 0.6 is 0 Å². The van der Waals surface area contributed by atoms with Crippen LogP contribution in [0.2, 0.25) is 0 Å². The third-order valence-corrected chi connectivity index (χ3v) is 5.76. The zero-order valence-corrected chi connectivity index (χ0v) is 19.3. The molecule has 0 bridgehead atoms. The molecular formula is C26H34N4O2. The Hall–Kier alpha value is -3.15. The number of guanidine groups is 1. The fourth-order valence-corrected chi connectivity index (χ4v) is 4.22. The van der Waals surface area contributed by atoms with Crippen LogP contribution in [0.25, 0.3) is 0 Å². The Morgan fingerprint density at radius 1 is 1.06 bits per heavy atom. The maximum absolute atomic E-state index is 12.9. The fraction of sp³-hybridized carbons (Fsp3) is 0.423. The highest BCUT2D eigenvalue weighted by molar-refractivity contribution is 6.07. The summed E-state index contributed by atoms with van der Waals surface area (Å²) in [6, 6.07) is 18.0. The summed E-state index contributed by atoms with van der Waals surface area (Å²) in [5.74, 6) is 0.515.